The lowest BCUT2D eigenvalue weighted by atomic mass is 10.1. The van der Waals surface area contributed by atoms with Crippen LogP contribution in [-0.2, 0) is 11.2 Å². The summed E-state index contributed by atoms with van der Waals surface area (Å²) in [5, 5.41) is 12.3. The maximum Gasteiger partial charge on any atom is 0.230 e. The van der Waals surface area contributed by atoms with Gasteiger partial charge in [0, 0.05) is 21.2 Å². The van der Waals surface area contributed by atoms with E-state index in [-0.39, 0.29) is 12.3 Å². The van der Waals surface area contributed by atoms with Gasteiger partial charge in [0.05, 0.1) is 12.7 Å². The van der Waals surface area contributed by atoms with Crippen LogP contribution in [-0.4, -0.2) is 21.9 Å². The normalized spacial score (nSPS) is 11.0. The van der Waals surface area contributed by atoms with Gasteiger partial charge < -0.3 is 9.73 Å². The largest absolute Gasteiger partial charge is 0.464 e. The van der Waals surface area contributed by atoms with E-state index in [1.54, 1.807) is 18.0 Å². The smallest absolute Gasteiger partial charge is 0.230 e. The second-order valence-electron chi connectivity index (χ2n) is 4.85. The SMILES string of the molecule is CCCSc1nnc(NC(=O)Cc2coc3ccc(Br)cc23)s1. The lowest BCUT2D eigenvalue weighted by Crippen LogP contribution is -2.13. The van der Waals surface area contributed by atoms with E-state index in [0.29, 0.717) is 5.13 Å². The van der Waals surface area contributed by atoms with Gasteiger partial charge in [-0.3, -0.25) is 4.79 Å². The fourth-order valence-corrected chi connectivity index (χ4v) is 4.09. The zero-order valence-corrected chi connectivity index (χ0v) is 15.6. The Balaban J connectivity index is 1.66. The highest BCUT2D eigenvalue weighted by molar-refractivity contribution is 9.10. The monoisotopic (exact) mass is 411 g/mol. The minimum absolute atomic E-state index is 0.129. The summed E-state index contributed by atoms with van der Waals surface area (Å²) in [6.45, 7) is 2.12. The van der Waals surface area contributed by atoms with Crippen LogP contribution in [0, 0.1) is 0 Å². The molecule has 0 aliphatic rings. The molecule has 0 fully saturated rings. The molecule has 1 amide bonds. The minimum atomic E-state index is -0.129. The van der Waals surface area contributed by atoms with E-state index in [2.05, 4.69) is 38.4 Å². The van der Waals surface area contributed by atoms with Crippen molar-refractivity contribution in [3.8, 4) is 0 Å². The lowest BCUT2D eigenvalue weighted by molar-refractivity contribution is -0.115. The van der Waals surface area contributed by atoms with Gasteiger partial charge in [-0.05, 0) is 24.6 Å². The minimum Gasteiger partial charge on any atom is -0.464 e. The van der Waals surface area contributed by atoms with Crippen LogP contribution in [0.5, 0.6) is 0 Å². The number of fused-ring (bicyclic) bond motifs is 1. The number of carbonyl (C=O) groups excluding carboxylic acids is 1. The molecule has 0 bridgehead atoms. The number of halogens is 1. The summed E-state index contributed by atoms with van der Waals surface area (Å²) >= 11 is 6.48. The molecular weight excluding hydrogens is 398 g/mol. The van der Waals surface area contributed by atoms with Crippen molar-refractivity contribution in [1.29, 1.82) is 0 Å². The van der Waals surface area contributed by atoms with Crippen LogP contribution >= 0.6 is 39.0 Å². The molecule has 1 aromatic carbocycles. The first kappa shape index (κ1) is 16.5. The molecule has 3 rings (SSSR count). The number of nitrogens with one attached hydrogen (secondary N) is 1. The van der Waals surface area contributed by atoms with Gasteiger partial charge in [-0.25, -0.2) is 0 Å². The number of amides is 1. The molecule has 120 valence electrons. The highest BCUT2D eigenvalue weighted by Crippen LogP contribution is 2.27. The van der Waals surface area contributed by atoms with Crippen LogP contribution in [0.1, 0.15) is 18.9 Å². The van der Waals surface area contributed by atoms with Crippen LogP contribution in [0.15, 0.2) is 37.7 Å². The van der Waals surface area contributed by atoms with E-state index in [0.717, 1.165) is 37.5 Å². The summed E-state index contributed by atoms with van der Waals surface area (Å²) < 4.78 is 7.30. The van der Waals surface area contributed by atoms with Crippen molar-refractivity contribution in [3.63, 3.8) is 0 Å². The molecule has 2 heterocycles. The van der Waals surface area contributed by atoms with Crippen molar-refractivity contribution >= 4 is 61.0 Å². The molecule has 0 spiro atoms. The molecular formula is C15H14BrN3O2S2. The van der Waals surface area contributed by atoms with Gasteiger partial charge in [0.15, 0.2) is 4.34 Å². The third-order valence-corrected chi connectivity index (χ3v) is 5.72. The summed E-state index contributed by atoms with van der Waals surface area (Å²) in [5.74, 6) is 0.870. The van der Waals surface area contributed by atoms with E-state index >= 15 is 0 Å². The second kappa shape index (κ2) is 7.46. The molecule has 2 aromatic heterocycles. The van der Waals surface area contributed by atoms with Crippen molar-refractivity contribution in [2.75, 3.05) is 11.1 Å². The third-order valence-electron chi connectivity index (χ3n) is 3.05. The second-order valence-corrected chi connectivity index (χ2v) is 8.08. The molecule has 0 atom stereocenters. The fourth-order valence-electron chi connectivity index (χ4n) is 2.04. The summed E-state index contributed by atoms with van der Waals surface area (Å²) in [4.78, 5) is 12.2. The number of benzene rings is 1. The molecule has 0 aliphatic heterocycles. The molecule has 1 N–H and O–H groups in total. The quantitative estimate of drug-likeness (QED) is 0.468. The topological polar surface area (TPSA) is 68.0 Å². The van der Waals surface area contributed by atoms with Crippen LogP contribution in [0.3, 0.4) is 0 Å². The number of aromatic nitrogens is 2. The first-order valence-corrected chi connectivity index (χ1v) is 9.67. The van der Waals surface area contributed by atoms with Crippen molar-refractivity contribution in [3.05, 3.63) is 34.5 Å². The predicted octanol–water partition coefficient (Wildman–Crippen LogP) is 4.73. The summed E-state index contributed by atoms with van der Waals surface area (Å²) in [5.41, 5.74) is 1.62. The number of furan rings is 1. The Morgan fingerprint density at radius 3 is 3.13 bits per heavy atom. The van der Waals surface area contributed by atoms with Gasteiger partial charge in [0.2, 0.25) is 11.0 Å². The third kappa shape index (κ3) is 4.13. The zero-order chi connectivity index (χ0) is 16.2. The Bertz CT molecular complexity index is 831. The van der Waals surface area contributed by atoms with E-state index in [1.165, 1.54) is 11.3 Å². The van der Waals surface area contributed by atoms with E-state index in [4.69, 9.17) is 4.42 Å². The van der Waals surface area contributed by atoms with Gasteiger partial charge in [-0.2, -0.15) is 0 Å². The van der Waals surface area contributed by atoms with Crippen molar-refractivity contribution in [2.24, 2.45) is 0 Å². The molecule has 0 unspecified atom stereocenters. The van der Waals surface area contributed by atoms with Crippen LogP contribution in [0.2, 0.25) is 0 Å². The van der Waals surface area contributed by atoms with Crippen LogP contribution < -0.4 is 5.32 Å². The molecule has 3 aromatic rings. The fraction of sp³-hybridized carbons (Fsp3) is 0.267. The van der Waals surface area contributed by atoms with Crippen LogP contribution in [0.25, 0.3) is 11.0 Å². The van der Waals surface area contributed by atoms with Crippen molar-refractivity contribution < 1.29 is 9.21 Å². The van der Waals surface area contributed by atoms with Gasteiger partial charge >= 0.3 is 0 Å². The van der Waals surface area contributed by atoms with E-state index in [9.17, 15) is 4.79 Å². The summed E-state index contributed by atoms with van der Waals surface area (Å²) in [6.07, 6.45) is 2.94. The van der Waals surface area contributed by atoms with Gasteiger partial charge in [0.1, 0.15) is 5.58 Å². The van der Waals surface area contributed by atoms with Gasteiger partial charge in [-0.15, -0.1) is 10.2 Å². The Kier molecular flexibility index (Phi) is 5.34. The first-order valence-electron chi connectivity index (χ1n) is 7.07. The molecule has 0 saturated carbocycles. The Labute approximate surface area is 150 Å². The maximum atomic E-state index is 12.2. The van der Waals surface area contributed by atoms with Crippen molar-refractivity contribution in [2.45, 2.75) is 24.1 Å². The number of thioether (sulfide) groups is 1. The first-order chi connectivity index (χ1) is 11.2. The Morgan fingerprint density at radius 2 is 2.30 bits per heavy atom. The Morgan fingerprint density at radius 1 is 1.43 bits per heavy atom. The predicted molar refractivity (Wildman–Crippen MR) is 97.2 cm³/mol. The average molecular weight is 412 g/mol. The molecule has 8 heteroatoms. The number of nitrogens with zero attached hydrogens (tertiary/aromatic N) is 2. The average Bonchev–Trinajstić information content (AvgIpc) is 3.12. The standard InChI is InChI=1S/C15H14BrN3O2S2/c1-2-5-22-15-19-18-14(23-15)17-13(20)6-9-8-21-12-4-3-10(16)7-11(9)12/h3-4,7-8H,2,5-6H2,1H3,(H,17,18,20). The van der Waals surface area contributed by atoms with Gasteiger partial charge in [0.25, 0.3) is 0 Å². The van der Waals surface area contributed by atoms with Crippen LogP contribution in [0.4, 0.5) is 5.13 Å². The van der Waals surface area contributed by atoms with E-state index < -0.39 is 0 Å². The summed E-state index contributed by atoms with van der Waals surface area (Å²) in [7, 11) is 0. The van der Waals surface area contributed by atoms with Crippen molar-refractivity contribution in [1.82, 2.24) is 10.2 Å². The number of hydrogen-bond acceptors (Lipinski definition) is 6. The number of carbonyl (C=O) groups is 1. The number of anilines is 1. The molecule has 0 radical (unpaired) electrons. The Hall–Kier alpha value is -1.38. The lowest BCUT2D eigenvalue weighted by Gasteiger charge is -2.00. The van der Waals surface area contributed by atoms with Gasteiger partial charge in [-0.1, -0.05) is 46.0 Å². The molecule has 0 saturated heterocycles. The maximum absolute atomic E-state index is 12.2. The van der Waals surface area contributed by atoms with E-state index in [1.807, 2.05) is 18.2 Å². The summed E-state index contributed by atoms with van der Waals surface area (Å²) in [6, 6.07) is 5.74. The molecule has 0 aliphatic carbocycles. The zero-order valence-electron chi connectivity index (χ0n) is 12.3. The number of rotatable bonds is 6. The molecule has 23 heavy (non-hydrogen) atoms. The highest BCUT2D eigenvalue weighted by atomic mass is 79.9. The molecule has 5 nitrogen and oxygen atoms in total. The highest BCUT2D eigenvalue weighted by Gasteiger charge is 2.13. The number of hydrogen-bond donors (Lipinski definition) is 1.